The van der Waals surface area contributed by atoms with Gasteiger partial charge in [-0.05, 0) is 6.92 Å². The Morgan fingerprint density at radius 1 is 1.89 bits per heavy atom. The quantitative estimate of drug-likeness (QED) is 0.601. The van der Waals surface area contributed by atoms with Gasteiger partial charge in [0.25, 0.3) is 0 Å². The second-order valence-electron chi connectivity index (χ2n) is 1.63. The Kier molecular flexibility index (Phi) is 2.21. The first-order chi connectivity index (χ1) is 4.43. The van der Waals surface area contributed by atoms with Crippen molar-refractivity contribution in [2.45, 2.75) is 13.5 Å². The zero-order valence-corrected chi connectivity index (χ0v) is 5.26. The lowest BCUT2D eigenvalue weighted by Gasteiger charge is -1.92. The Labute approximate surface area is 53.7 Å². The van der Waals surface area contributed by atoms with E-state index in [2.05, 4.69) is 20.7 Å². The van der Waals surface area contributed by atoms with Gasteiger partial charge >= 0.3 is 0 Å². The summed E-state index contributed by atoms with van der Waals surface area (Å²) in [5.74, 6) is 0. The molecule has 0 aliphatic carbocycles. The first kappa shape index (κ1) is 6.22. The summed E-state index contributed by atoms with van der Waals surface area (Å²) in [5, 5.41) is 12.9. The van der Waals surface area contributed by atoms with E-state index in [-0.39, 0.29) is 0 Å². The molecule has 2 N–H and O–H groups in total. The van der Waals surface area contributed by atoms with Crippen LogP contribution in [0.3, 0.4) is 0 Å². The molecule has 0 bridgehead atoms. The van der Waals surface area contributed by atoms with Gasteiger partial charge in [-0.2, -0.15) is 0 Å². The molecule has 1 heterocycles. The molecule has 1 radical (unpaired) electrons. The van der Waals surface area contributed by atoms with Gasteiger partial charge in [-0.25, -0.2) is 0 Å². The van der Waals surface area contributed by atoms with Crippen molar-refractivity contribution in [3.8, 4) is 0 Å². The van der Waals surface area contributed by atoms with Crippen molar-refractivity contribution in [1.29, 1.82) is 0 Å². The van der Waals surface area contributed by atoms with Crippen LogP contribution in [0.2, 0.25) is 0 Å². The summed E-state index contributed by atoms with van der Waals surface area (Å²) in [6.45, 7) is 4.54. The lowest BCUT2D eigenvalue weighted by Crippen LogP contribution is -2.07. The molecule has 0 saturated heterocycles. The maximum absolute atomic E-state index is 3.77. The van der Waals surface area contributed by atoms with Crippen molar-refractivity contribution in [2.75, 3.05) is 0 Å². The Balaban J connectivity index is 2.30. The van der Waals surface area contributed by atoms with Crippen LogP contribution < -0.4 is 5.32 Å². The lowest BCUT2D eigenvalue weighted by molar-refractivity contribution is 0.772. The van der Waals surface area contributed by atoms with E-state index in [1.54, 1.807) is 6.20 Å². The van der Waals surface area contributed by atoms with E-state index in [1.807, 2.05) is 13.5 Å². The standard InChI is InChI=1S/C5H9N4/c1-2-6-3-5-4-7-9-8-5/h2,4,6H,3H2,1H3,(H,7,8,9). The topological polar surface area (TPSA) is 53.6 Å². The molecule has 0 amide bonds. The van der Waals surface area contributed by atoms with Gasteiger partial charge in [0.05, 0.1) is 5.69 Å². The van der Waals surface area contributed by atoms with Gasteiger partial charge in [-0.3, -0.25) is 5.10 Å². The number of rotatable bonds is 3. The Morgan fingerprint density at radius 3 is 3.33 bits per heavy atom. The number of nitrogens with zero attached hydrogens (tertiary/aromatic N) is 2. The SMILES string of the molecule is C[CH]NCc1c[nH]nn1. The molecule has 0 saturated carbocycles. The smallest absolute Gasteiger partial charge is 0.0962 e. The average Bonchev–Trinajstić information content (AvgIpc) is 2.34. The normalized spacial score (nSPS) is 9.89. The molecule has 4 nitrogen and oxygen atoms in total. The largest absolute Gasteiger partial charge is 0.307 e. The minimum absolute atomic E-state index is 0.743. The van der Waals surface area contributed by atoms with Crippen LogP contribution in [0.25, 0.3) is 0 Å². The van der Waals surface area contributed by atoms with Gasteiger partial charge in [-0.1, -0.05) is 5.21 Å². The van der Waals surface area contributed by atoms with Gasteiger partial charge in [0.15, 0.2) is 0 Å². The van der Waals surface area contributed by atoms with E-state index in [9.17, 15) is 0 Å². The Morgan fingerprint density at radius 2 is 2.78 bits per heavy atom. The number of H-pyrrole nitrogens is 1. The zero-order chi connectivity index (χ0) is 6.53. The van der Waals surface area contributed by atoms with Gasteiger partial charge in [0.2, 0.25) is 0 Å². The second kappa shape index (κ2) is 3.19. The highest BCUT2D eigenvalue weighted by atomic mass is 15.3. The second-order valence-corrected chi connectivity index (χ2v) is 1.63. The third-order valence-corrected chi connectivity index (χ3v) is 0.955. The number of aromatic amines is 1. The first-order valence-electron chi connectivity index (χ1n) is 2.80. The molecule has 49 valence electrons. The Bertz CT molecular complexity index is 146. The number of hydrogen-bond acceptors (Lipinski definition) is 3. The fourth-order valence-electron chi connectivity index (χ4n) is 0.518. The van der Waals surface area contributed by atoms with Crippen LogP contribution >= 0.6 is 0 Å². The lowest BCUT2D eigenvalue weighted by atomic mass is 10.5. The summed E-state index contributed by atoms with van der Waals surface area (Å²) in [6, 6.07) is 0. The van der Waals surface area contributed by atoms with Gasteiger partial charge in [-0.15, -0.1) is 5.10 Å². The third-order valence-electron chi connectivity index (χ3n) is 0.955. The molecule has 9 heavy (non-hydrogen) atoms. The molecule has 1 aromatic heterocycles. The fourth-order valence-corrected chi connectivity index (χ4v) is 0.518. The molecule has 1 aromatic rings. The van der Waals surface area contributed by atoms with E-state index >= 15 is 0 Å². The van der Waals surface area contributed by atoms with Crippen LogP contribution in [-0.4, -0.2) is 15.4 Å². The minimum atomic E-state index is 0.743. The van der Waals surface area contributed by atoms with Crippen molar-refractivity contribution in [3.05, 3.63) is 18.4 Å². The molecule has 4 heteroatoms. The molecular weight excluding hydrogens is 116 g/mol. The summed E-state index contributed by atoms with van der Waals surface area (Å²) >= 11 is 0. The predicted molar refractivity (Wildman–Crippen MR) is 33.2 cm³/mol. The number of hydrogen-bond donors (Lipinski definition) is 2. The van der Waals surface area contributed by atoms with E-state index in [4.69, 9.17) is 0 Å². The maximum Gasteiger partial charge on any atom is 0.0962 e. The van der Waals surface area contributed by atoms with Crippen LogP contribution in [0.1, 0.15) is 12.6 Å². The molecule has 0 aliphatic heterocycles. The van der Waals surface area contributed by atoms with Crippen LogP contribution in [0.5, 0.6) is 0 Å². The Hall–Kier alpha value is -0.900. The summed E-state index contributed by atoms with van der Waals surface area (Å²) in [5.41, 5.74) is 0.924. The van der Waals surface area contributed by atoms with Crippen LogP contribution in [-0.2, 0) is 6.54 Å². The molecule has 0 aliphatic rings. The molecule has 0 aromatic carbocycles. The van der Waals surface area contributed by atoms with Crippen LogP contribution in [0.4, 0.5) is 0 Å². The van der Waals surface area contributed by atoms with Crippen LogP contribution in [0, 0.1) is 6.54 Å². The fraction of sp³-hybridized carbons (Fsp3) is 0.400. The zero-order valence-electron chi connectivity index (χ0n) is 5.26. The van der Waals surface area contributed by atoms with Crippen molar-refractivity contribution >= 4 is 0 Å². The monoisotopic (exact) mass is 125 g/mol. The molecule has 1 rings (SSSR count). The molecule has 0 atom stereocenters. The molecule has 0 spiro atoms. The van der Waals surface area contributed by atoms with Crippen molar-refractivity contribution < 1.29 is 0 Å². The highest BCUT2D eigenvalue weighted by molar-refractivity contribution is 4.89. The van der Waals surface area contributed by atoms with Crippen molar-refractivity contribution in [2.24, 2.45) is 0 Å². The summed E-state index contributed by atoms with van der Waals surface area (Å²) in [7, 11) is 0. The summed E-state index contributed by atoms with van der Waals surface area (Å²) in [4.78, 5) is 0. The summed E-state index contributed by atoms with van der Waals surface area (Å²) in [6.07, 6.45) is 1.76. The minimum Gasteiger partial charge on any atom is -0.307 e. The van der Waals surface area contributed by atoms with Gasteiger partial charge in [0.1, 0.15) is 0 Å². The number of aromatic nitrogens is 3. The van der Waals surface area contributed by atoms with Gasteiger partial charge < -0.3 is 5.32 Å². The van der Waals surface area contributed by atoms with Crippen LogP contribution in [0.15, 0.2) is 6.20 Å². The van der Waals surface area contributed by atoms with E-state index < -0.39 is 0 Å². The number of nitrogens with one attached hydrogen (secondary N) is 2. The van der Waals surface area contributed by atoms with Crippen molar-refractivity contribution in [1.82, 2.24) is 20.7 Å². The van der Waals surface area contributed by atoms with Crippen molar-refractivity contribution in [3.63, 3.8) is 0 Å². The maximum atomic E-state index is 3.77. The highest BCUT2D eigenvalue weighted by Crippen LogP contribution is 1.85. The van der Waals surface area contributed by atoms with E-state index in [0.717, 1.165) is 12.2 Å². The molecule has 0 fully saturated rings. The molecule has 0 unspecified atom stereocenters. The highest BCUT2D eigenvalue weighted by Gasteiger charge is 1.90. The predicted octanol–water partition coefficient (Wildman–Crippen LogP) is 0.0760. The van der Waals surface area contributed by atoms with E-state index in [0.29, 0.717) is 0 Å². The summed E-state index contributed by atoms with van der Waals surface area (Å²) < 4.78 is 0. The van der Waals surface area contributed by atoms with Gasteiger partial charge in [0, 0.05) is 19.3 Å². The average molecular weight is 125 g/mol. The third kappa shape index (κ3) is 1.81. The molecular formula is C5H9N4. The van der Waals surface area contributed by atoms with E-state index in [1.165, 1.54) is 0 Å². The first-order valence-corrected chi connectivity index (χ1v) is 2.80.